The zero-order chi connectivity index (χ0) is 27.2. The lowest BCUT2D eigenvalue weighted by Crippen LogP contribution is -2.44. The molecular weight excluding hydrogens is 506 g/mol. The molecule has 0 unspecified atom stereocenters. The predicted octanol–water partition coefficient (Wildman–Crippen LogP) is 3.02. The largest absolute Gasteiger partial charge is 0.452 e. The molecule has 0 spiro atoms. The van der Waals surface area contributed by atoms with Crippen molar-refractivity contribution in [3.05, 3.63) is 92.1 Å². The molecule has 2 heterocycles. The highest BCUT2D eigenvalue weighted by Crippen LogP contribution is 2.22. The van der Waals surface area contributed by atoms with Gasteiger partial charge in [-0.15, -0.1) is 11.3 Å². The minimum Gasteiger partial charge on any atom is -0.452 e. The van der Waals surface area contributed by atoms with E-state index in [0.717, 1.165) is 20.7 Å². The molecule has 10 nitrogen and oxygen atoms in total. The number of H-pyrrole nitrogens is 1. The number of amides is 1. The van der Waals surface area contributed by atoms with Crippen molar-refractivity contribution in [2.24, 2.45) is 5.92 Å². The predicted molar refractivity (Wildman–Crippen MR) is 148 cm³/mol. The van der Waals surface area contributed by atoms with Crippen molar-refractivity contribution < 1.29 is 14.3 Å². The maximum Gasteiger partial charge on any atom is 0.331 e. The van der Waals surface area contributed by atoms with Gasteiger partial charge in [-0.05, 0) is 29.7 Å². The first kappa shape index (κ1) is 26.6. The Morgan fingerprint density at radius 1 is 1.13 bits per heavy atom. The number of aromatic nitrogens is 3. The molecule has 2 aromatic heterocycles. The Morgan fingerprint density at radius 3 is 2.55 bits per heavy atom. The average Bonchev–Trinajstić information content (AvgIpc) is 3.31. The number of hydrogen-bond acceptors (Lipinski definition) is 8. The highest BCUT2D eigenvalue weighted by molar-refractivity contribution is 7.19. The Morgan fingerprint density at radius 2 is 1.84 bits per heavy atom. The number of anilines is 2. The number of ether oxygens (including phenoxy) is 1. The van der Waals surface area contributed by atoms with Gasteiger partial charge in [-0.3, -0.25) is 19.1 Å². The molecule has 0 saturated heterocycles. The second-order valence-electron chi connectivity index (χ2n) is 8.92. The maximum absolute atomic E-state index is 13.2. The number of fused-ring (bicyclic) bond motifs is 1. The van der Waals surface area contributed by atoms with Gasteiger partial charge in [0.25, 0.3) is 11.5 Å². The molecular formula is C27H27N5O5S. The van der Waals surface area contributed by atoms with Crippen molar-refractivity contribution in [3.63, 3.8) is 0 Å². The van der Waals surface area contributed by atoms with E-state index in [1.807, 2.05) is 68.4 Å². The number of aromatic amines is 1. The fourth-order valence-corrected chi connectivity index (χ4v) is 4.67. The van der Waals surface area contributed by atoms with Crippen LogP contribution in [0.3, 0.4) is 0 Å². The summed E-state index contributed by atoms with van der Waals surface area (Å²) in [6.45, 7) is 3.32. The topological polar surface area (TPSA) is 140 Å². The van der Waals surface area contributed by atoms with Crippen molar-refractivity contribution in [1.29, 1.82) is 0 Å². The molecule has 11 heteroatoms. The Bertz CT molecular complexity index is 1570. The molecule has 2 aromatic carbocycles. The van der Waals surface area contributed by atoms with Crippen molar-refractivity contribution in [2.75, 3.05) is 23.8 Å². The van der Waals surface area contributed by atoms with Crippen molar-refractivity contribution in [1.82, 2.24) is 14.5 Å². The number of hydrogen-bond donors (Lipinski definition) is 2. The number of rotatable bonds is 9. The first-order valence-electron chi connectivity index (χ1n) is 11.9. The van der Waals surface area contributed by atoms with E-state index in [0.29, 0.717) is 5.01 Å². The Kier molecular flexibility index (Phi) is 8.17. The Balaban J connectivity index is 1.52. The summed E-state index contributed by atoms with van der Waals surface area (Å²) in [5.74, 6) is -1.60. The number of nitrogen functional groups attached to an aromatic ring is 1. The van der Waals surface area contributed by atoms with Gasteiger partial charge < -0.3 is 15.4 Å². The maximum atomic E-state index is 13.2. The summed E-state index contributed by atoms with van der Waals surface area (Å²) < 4.78 is 7.33. The van der Waals surface area contributed by atoms with Crippen LogP contribution in [-0.2, 0) is 20.9 Å². The number of carbonyl (C=O) groups is 2. The van der Waals surface area contributed by atoms with E-state index in [9.17, 15) is 19.2 Å². The number of para-hydroxylation sites is 1. The zero-order valence-electron chi connectivity index (χ0n) is 20.9. The fourth-order valence-electron chi connectivity index (χ4n) is 3.80. The number of thiazole rings is 1. The van der Waals surface area contributed by atoms with E-state index in [-0.39, 0.29) is 30.5 Å². The van der Waals surface area contributed by atoms with Crippen LogP contribution in [0.5, 0.6) is 0 Å². The average molecular weight is 534 g/mol. The molecule has 4 aromatic rings. The molecule has 0 aliphatic carbocycles. The van der Waals surface area contributed by atoms with Crippen LogP contribution in [0.2, 0.25) is 0 Å². The van der Waals surface area contributed by atoms with Crippen molar-refractivity contribution >= 4 is 51.0 Å². The van der Waals surface area contributed by atoms with Crippen LogP contribution in [0.15, 0.2) is 70.3 Å². The second-order valence-corrected chi connectivity index (χ2v) is 9.99. The third-order valence-corrected chi connectivity index (χ3v) is 6.53. The Labute approximate surface area is 222 Å². The van der Waals surface area contributed by atoms with Gasteiger partial charge in [-0.25, -0.2) is 14.6 Å². The van der Waals surface area contributed by atoms with Crippen LogP contribution in [0.1, 0.15) is 24.4 Å². The zero-order valence-corrected chi connectivity index (χ0v) is 21.7. The van der Waals surface area contributed by atoms with Crippen LogP contribution in [0.4, 0.5) is 11.5 Å². The van der Waals surface area contributed by atoms with Gasteiger partial charge in [0.2, 0.25) is 0 Å². The van der Waals surface area contributed by atoms with Gasteiger partial charge in [0.05, 0.1) is 16.8 Å². The Hall–Kier alpha value is -4.51. The first-order chi connectivity index (χ1) is 18.2. The lowest BCUT2D eigenvalue weighted by Gasteiger charge is -2.26. The molecule has 196 valence electrons. The van der Waals surface area contributed by atoms with Crippen LogP contribution < -0.4 is 21.9 Å². The molecule has 0 fully saturated rings. The van der Waals surface area contributed by atoms with Crippen molar-refractivity contribution in [2.45, 2.75) is 20.4 Å². The number of nitrogens with zero attached hydrogens (tertiary/aromatic N) is 3. The number of nitrogens with one attached hydrogen (secondary N) is 1. The summed E-state index contributed by atoms with van der Waals surface area (Å²) in [6.07, 6.45) is 2.71. The minimum absolute atomic E-state index is 0.0538. The van der Waals surface area contributed by atoms with Crippen LogP contribution in [0, 0.1) is 5.92 Å². The third kappa shape index (κ3) is 6.24. The van der Waals surface area contributed by atoms with Gasteiger partial charge in [0.1, 0.15) is 10.8 Å². The number of nitrogens with two attached hydrogens (primary N) is 1. The smallest absolute Gasteiger partial charge is 0.331 e. The van der Waals surface area contributed by atoms with E-state index < -0.39 is 29.7 Å². The summed E-state index contributed by atoms with van der Waals surface area (Å²) in [7, 11) is 0. The molecule has 0 radical (unpaired) electrons. The van der Waals surface area contributed by atoms with E-state index in [4.69, 9.17) is 10.5 Å². The molecule has 0 atom stereocenters. The van der Waals surface area contributed by atoms with E-state index in [2.05, 4.69) is 9.97 Å². The second kappa shape index (κ2) is 11.7. The van der Waals surface area contributed by atoms with Crippen LogP contribution in [0.25, 0.3) is 16.3 Å². The lowest BCUT2D eigenvalue weighted by molar-refractivity contribution is -0.142. The van der Waals surface area contributed by atoms with E-state index in [1.54, 1.807) is 0 Å². The molecule has 0 aliphatic heterocycles. The lowest BCUT2D eigenvalue weighted by atomic mass is 10.2. The van der Waals surface area contributed by atoms with Gasteiger partial charge in [0.15, 0.2) is 12.3 Å². The molecule has 3 N–H and O–H groups in total. The van der Waals surface area contributed by atoms with Gasteiger partial charge in [-0.2, -0.15) is 0 Å². The normalized spacial score (nSPS) is 11.3. The summed E-state index contributed by atoms with van der Waals surface area (Å²) in [5.41, 5.74) is 6.22. The number of benzene rings is 2. The molecule has 0 saturated carbocycles. The van der Waals surface area contributed by atoms with Gasteiger partial charge >= 0.3 is 11.7 Å². The quantitative estimate of drug-likeness (QED) is 0.249. The highest BCUT2D eigenvalue weighted by atomic mass is 32.1. The monoisotopic (exact) mass is 533 g/mol. The highest BCUT2D eigenvalue weighted by Gasteiger charge is 2.26. The summed E-state index contributed by atoms with van der Waals surface area (Å²) >= 11 is 1.42. The van der Waals surface area contributed by atoms with Gasteiger partial charge in [-0.1, -0.05) is 56.3 Å². The van der Waals surface area contributed by atoms with Gasteiger partial charge in [0, 0.05) is 12.6 Å². The van der Waals surface area contributed by atoms with E-state index in [1.165, 1.54) is 28.1 Å². The minimum atomic E-state index is -0.798. The van der Waals surface area contributed by atoms with Crippen molar-refractivity contribution in [3.8, 4) is 0 Å². The number of carbonyl (C=O) groups excluding carboxylic acids is 2. The summed E-state index contributed by atoms with van der Waals surface area (Å²) in [6, 6.07) is 16.7. The fraction of sp³-hybridized carbons (Fsp3) is 0.222. The molecule has 1 amide bonds. The molecule has 0 aliphatic rings. The summed E-state index contributed by atoms with van der Waals surface area (Å²) in [4.78, 5) is 58.6. The number of esters is 1. The van der Waals surface area contributed by atoms with Crippen LogP contribution in [-0.4, -0.2) is 39.6 Å². The SMILES string of the molecule is CC(C)CN(C(=O)COC(=O)C=Cc1nc2ccccc2s1)c1c(N)n(Cc2ccccc2)c(=O)[nH]c1=O. The van der Waals surface area contributed by atoms with E-state index >= 15 is 0 Å². The molecule has 4 rings (SSSR count). The first-order valence-corrected chi connectivity index (χ1v) is 12.7. The molecule has 0 bridgehead atoms. The molecule has 38 heavy (non-hydrogen) atoms. The van der Waals surface area contributed by atoms with Crippen LogP contribution >= 0.6 is 11.3 Å². The third-order valence-electron chi connectivity index (χ3n) is 5.53. The standard InChI is InChI=1S/C27H27N5O5S/c1-17(2)14-31(24-25(28)32(27(36)30-26(24)35)15-18-8-4-3-5-9-18)22(33)16-37-23(34)13-12-21-29-19-10-6-7-11-20(19)38-21/h3-13,17H,14-16,28H2,1-2H3,(H,30,35,36). The summed E-state index contributed by atoms with van der Waals surface area (Å²) in [5, 5.41) is 0.621.